The van der Waals surface area contributed by atoms with Crippen LogP contribution in [0.25, 0.3) is 21.7 Å². The van der Waals surface area contributed by atoms with Crippen LogP contribution in [0.5, 0.6) is 5.75 Å². The largest absolute Gasteiger partial charge is 0.491 e. The third kappa shape index (κ3) is 3.44. The van der Waals surface area contributed by atoms with E-state index in [0.29, 0.717) is 23.7 Å². The van der Waals surface area contributed by atoms with Gasteiger partial charge < -0.3 is 15.5 Å². The maximum Gasteiger partial charge on any atom is 0.257 e. The molecule has 0 radical (unpaired) electrons. The molecule has 0 aliphatic heterocycles. The van der Waals surface area contributed by atoms with Gasteiger partial charge in [0.15, 0.2) is 0 Å². The highest BCUT2D eigenvalue weighted by atomic mass is 79.9. The van der Waals surface area contributed by atoms with E-state index in [1.54, 1.807) is 12.4 Å². The van der Waals surface area contributed by atoms with Crippen LogP contribution in [-0.2, 0) is 0 Å². The molecule has 5 nitrogen and oxygen atoms in total. The number of aromatic nitrogens is 2. The topological polar surface area (TPSA) is 81.0 Å². The molecule has 6 heteroatoms. The SMILES string of the molecule is CC(C)CC(N)COc1cc2[nH]c(=O)c3cnccc3c2cc1Br. The van der Waals surface area contributed by atoms with Crippen LogP contribution in [0, 0.1) is 5.92 Å². The lowest BCUT2D eigenvalue weighted by Gasteiger charge is -2.16. The Kier molecular flexibility index (Phi) is 4.87. The fraction of sp³-hybridized carbons (Fsp3) is 0.333. The molecular formula is C18H20BrN3O2. The van der Waals surface area contributed by atoms with Crippen molar-refractivity contribution in [2.24, 2.45) is 11.7 Å². The third-order valence-electron chi connectivity index (χ3n) is 3.90. The zero-order valence-electron chi connectivity index (χ0n) is 13.7. The van der Waals surface area contributed by atoms with E-state index in [1.807, 2.05) is 18.2 Å². The summed E-state index contributed by atoms with van der Waals surface area (Å²) in [6.45, 7) is 4.71. The molecule has 3 rings (SSSR count). The number of hydrogen-bond acceptors (Lipinski definition) is 4. The van der Waals surface area contributed by atoms with Gasteiger partial charge in [-0.25, -0.2) is 0 Å². The first-order valence-electron chi connectivity index (χ1n) is 7.93. The average Bonchev–Trinajstić information content (AvgIpc) is 2.53. The Morgan fingerprint density at radius 1 is 1.29 bits per heavy atom. The molecule has 3 aromatic rings. The molecule has 3 N–H and O–H groups in total. The molecule has 0 aliphatic rings. The number of pyridine rings is 2. The van der Waals surface area contributed by atoms with E-state index in [2.05, 4.69) is 39.7 Å². The molecule has 1 aromatic carbocycles. The zero-order chi connectivity index (χ0) is 17.3. The number of ether oxygens (including phenoxy) is 1. The van der Waals surface area contributed by atoms with Crippen molar-refractivity contribution < 1.29 is 4.74 Å². The highest BCUT2D eigenvalue weighted by Gasteiger charge is 2.12. The first-order valence-corrected chi connectivity index (χ1v) is 8.72. The molecule has 0 bridgehead atoms. The van der Waals surface area contributed by atoms with E-state index in [1.165, 1.54) is 0 Å². The van der Waals surface area contributed by atoms with E-state index in [4.69, 9.17) is 10.5 Å². The predicted octanol–water partition coefficient (Wildman–Crippen LogP) is 3.59. The van der Waals surface area contributed by atoms with Crippen molar-refractivity contribution in [1.29, 1.82) is 0 Å². The molecular weight excluding hydrogens is 370 g/mol. The van der Waals surface area contributed by atoms with E-state index >= 15 is 0 Å². The summed E-state index contributed by atoms with van der Waals surface area (Å²) in [6.07, 6.45) is 4.17. The Morgan fingerprint density at radius 3 is 2.83 bits per heavy atom. The lowest BCUT2D eigenvalue weighted by Crippen LogP contribution is -2.29. The minimum absolute atomic E-state index is 0.0191. The van der Waals surface area contributed by atoms with Crippen LogP contribution in [0.4, 0.5) is 0 Å². The highest BCUT2D eigenvalue weighted by Crippen LogP contribution is 2.32. The summed E-state index contributed by atoms with van der Waals surface area (Å²) < 4.78 is 6.68. The lowest BCUT2D eigenvalue weighted by atomic mass is 10.1. The number of nitrogens with two attached hydrogens (primary N) is 1. The number of benzene rings is 1. The Balaban J connectivity index is 1.98. The molecule has 0 amide bonds. The summed E-state index contributed by atoms with van der Waals surface area (Å²) in [5, 5.41) is 2.38. The summed E-state index contributed by atoms with van der Waals surface area (Å²) in [6, 6.07) is 5.62. The highest BCUT2D eigenvalue weighted by molar-refractivity contribution is 9.10. The maximum atomic E-state index is 12.2. The quantitative estimate of drug-likeness (QED) is 0.653. The second kappa shape index (κ2) is 6.91. The van der Waals surface area contributed by atoms with Crippen molar-refractivity contribution in [3.63, 3.8) is 0 Å². The average molecular weight is 390 g/mol. The zero-order valence-corrected chi connectivity index (χ0v) is 15.3. The number of nitrogens with one attached hydrogen (secondary N) is 1. The van der Waals surface area contributed by atoms with Crippen LogP contribution >= 0.6 is 15.9 Å². The molecule has 2 heterocycles. The van der Waals surface area contributed by atoms with Gasteiger partial charge in [-0.05, 0) is 45.8 Å². The fourth-order valence-electron chi connectivity index (χ4n) is 2.86. The van der Waals surface area contributed by atoms with Crippen molar-refractivity contribution in [3.8, 4) is 5.75 Å². The number of H-pyrrole nitrogens is 1. The Bertz CT molecular complexity index is 937. The number of halogens is 1. The van der Waals surface area contributed by atoms with Crippen LogP contribution in [0.2, 0.25) is 0 Å². The van der Waals surface area contributed by atoms with Gasteiger partial charge >= 0.3 is 0 Å². The van der Waals surface area contributed by atoms with Gasteiger partial charge in [-0.3, -0.25) is 9.78 Å². The molecule has 0 aliphatic carbocycles. The van der Waals surface area contributed by atoms with Gasteiger partial charge in [0.25, 0.3) is 5.56 Å². The second-order valence-corrected chi connectivity index (χ2v) is 7.26. The predicted molar refractivity (Wildman–Crippen MR) is 100 cm³/mol. The van der Waals surface area contributed by atoms with Crippen LogP contribution in [-0.4, -0.2) is 22.6 Å². The van der Waals surface area contributed by atoms with Crippen molar-refractivity contribution in [3.05, 3.63) is 45.4 Å². The van der Waals surface area contributed by atoms with Crippen molar-refractivity contribution in [1.82, 2.24) is 9.97 Å². The van der Waals surface area contributed by atoms with Crippen LogP contribution in [0.1, 0.15) is 20.3 Å². The number of rotatable bonds is 5. The van der Waals surface area contributed by atoms with E-state index in [0.717, 1.165) is 27.2 Å². The maximum absolute atomic E-state index is 12.2. The van der Waals surface area contributed by atoms with Gasteiger partial charge in [-0.2, -0.15) is 0 Å². The molecule has 1 atom stereocenters. The van der Waals surface area contributed by atoms with Gasteiger partial charge in [-0.15, -0.1) is 0 Å². The van der Waals surface area contributed by atoms with Gasteiger partial charge in [0, 0.05) is 29.9 Å². The monoisotopic (exact) mass is 389 g/mol. The Morgan fingerprint density at radius 2 is 2.08 bits per heavy atom. The van der Waals surface area contributed by atoms with Gasteiger partial charge in [0.2, 0.25) is 0 Å². The minimum Gasteiger partial charge on any atom is -0.491 e. The summed E-state index contributed by atoms with van der Waals surface area (Å²) >= 11 is 3.55. The molecule has 0 saturated heterocycles. The molecule has 126 valence electrons. The van der Waals surface area contributed by atoms with Crippen molar-refractivity contribution >= 4 is 37.6 Å². The molecule has 0 saturated carbocycles. The van der Waals surface area contributed by atoms with Crippen molar-refractivity contribution in [2.75, 3.05) is 6.61 Å². The minimum atomic E-state index is -0.157. The summed E-state index contributed by atoms with van der Waals surface area (Å²) in [4.78, 5) is 19.1. The fourth-order valence-corrected chi connectivity index (χ4v) is 3.32. The first-order chi connectivity index (χ1) is 11.5. The Labute approximate surface area is 148 Å². The second-order valence-electron chi connectivity index (χ2n) is 6.40. The Hall–Kier alpha value is -1.92. The molecule has 0 fully saturated rings. The number of fused-ring (bicyclic) bond motifs is 3. The van der Waals surface area contributed by atoms with E-state index in [9.17, 15) is 4.79 Å². The number of nitrogens with zero attached hydrogens (tertiary/aromatic N) is 1. The normalized spacial score (nSPS) is 12.9. The molecule has 2 aromatic heterocycles. The summed E-state index contributed by atoms with van der Waals surface area (Å²) in [5.41, 5.74) is 6.65. The van der Waals surface area contributed by atoms with E-state index in [-0.39, 0.29) is 11.6 Å². The van der Waals surface area contributed by atoms with Gasteiger partial charge in [-0.1, -0.05) is 13.8 Å². The first kappa shape index (κ1) is 16.9. The summed E-state index contributed by atoms with van der Waals surface area (Å²) in [5.74, 6) is 1.20. The van der Waals surface area contributed by atoms with Gasteiger partial charge in [0.05, 0.1) is 15.4 Å². The van der Waals surface area contributed by atoms with Crippen molar-refractivity contribution in [2.45, 2.75) is 26.3 Å². The summed E-state index contributed by atoms with van der Waals surface area (Å²) in [7, 11) is 0. The third-order valence-corrected chi connectivity index (χ3v) is 4.52. The lowest BCUT2D eigenvalue weighted by molar-refractivity contribution is 0.270. The van der Waals surface area contributed by atoms with Crippen LogP contribution < -0.4 is 16.0 Å². The number of hydrogen-bond donors (Lipinski definition) is 2. The molecule has 1 unspecified atom stereocenters. The number of aromatic amines is 1. The van der Waals surface area contributed by atoms with Crippen LogP contribution in [0.3, 0.4) is 0 Å². The smallest absolute Gasteiger partial charge is 0.257 e. The molecule has 24 heavy (non-hydrogen) atoms. The van der Waals surface area contributed by atoms with Crippen LogP contribution in [0.15, 0.2) is 39.9 Å². The standard InChI is InChI=1S/C18H20BrN3O2/c1-10(2)5-11(20)9-24-17-7-16-13(6-15(17)19)12-3-4-21-8-14(12)18(23)22-16/h3-4,6-8,10-11H,5,9,20H2,1-2H3,(H,22,23). The van der Waals surface area contributed by atoms with Gasteiger partial charge in [0.1, 0.15) is 12.4 Å². The van der Waals surface area contributed by atoms with E-state index < -0.39 is 0 Å². The molecule has 0 spiro atoms.